The fourth-order valence-electron chi connectivity index (χ4n) is 2.64. The number of rotatable bonds is 6. The van der Waals surface area contributed by atoms with Crippen LogP contribution in [0.15, 0.2) is 52.2 Å². The van der Waals surface area contributed by atoms with Crippen LogP contribution in [0.4, 0.5) is 5.69 Å². The molecule has 1 saturated heterocycles. The van der Waals surface area contributed by atoms with Gasteiger partial charge in [0.15, 0.2) is 0 Å². The number of hydrogen-bond acceptors (Lipinski definition) is 5. The average Bonchev–Trinajstić information content (AvgIpc) is 3.26. The molecular weight excluding hydrogens is 322 g/mol. The minimum Gasteiger partial charge on any atom is -0.494 e. The predicted octanol–water partition coefficient (Wildman–Crippen LogP) is 2.18. The second-order valence-electron chi connectivity index (χ2n) is 5.58. The van der Waals surface area contributed by atoms with E-state index in [9.17, 15) is 9.59 Å². The lowest BCUT2D eigenvalue weighted by atomic mass is 10.1. The molecule has 1 aliphatic heterocycles. The van der Waals surface area contributed by atoms with Crippen LogP contribution < -0.4 is 15.1 Å². The van der Waals surface area contributed by atoms with Gasteiger partial charge in [0.1, 0.15) is 11.5 Å². The first-order valence-electron chi connectivity index (χ1n) is 8.07. The summed E-state index contributed by atoms with van der Waals surface area (Å²) in [5, 5.41) is 3.85. The highest BCUT2D eigenvalue weighted by molar-refractivity contribution is 6.00. The Balaban J connectivity index is 1.58. The summed E-state index contributed by atoms with van der Waals surface area (Å²) in [6.45, 7) is 2.83. The zero-order chi connectivity index (χ0) is 17.6. The van der Waals surface area contributed by atoms with E-state index in [1.807, 2.05) is 31.2 Å². The molecule has 2 amide bonds. The van der Waals surface area contributed by atoms with Crippen LogP contribution in [0.1, 0.15) is 19.1 Å². The van der Waals surface area contributed by atoms with Crippen molar-refractivity contribution in [1.82, 2.24) is 5.43 Å². The van der Waals surface area contributed by atoms with Crippen molar-refractivity contribution in [3.8, 4) is 5.75 Å². The normalized spacial score (nSPS) is 17.2. The molecule has 1 fully saturated rings. The molecular formula is C18H19N3O4. The molecule has 1 aromatic carbocycles. The molecule has 0 bridgehead atoms. The predicted molar refractivity (Wildman–Crippen MR) is 92.5 cm³/mol. The lowest BCUT2D eigenvalue weighted by molar-refractivity contribution is -0.126. The van der Waals surface area contributed by atoms with Crippen LogP contribution in [0, 0.1) is 5.92 Å². The van der Waals surface area contributed by atoms with E-state index in [2.05, 4.69) is 10.5 Å². The Kier molecular flexibility index (Phi) is 5.13. The molecule has 0 aliphatic carbocycles. The Morgan fingerprint density at radius 3 is 2.88 bits per heavy atom. The lowest BCUT2D eigenvalue weighted by Crippen LogP contribution is -2.30. The summed E-state index contributed by atoms with van der Waals surface area (Å²) in [5.74, 6) is 0.481. The van der Waals surface area contributed by atoms with Crippen LogP contribution >= 0.6 is 0 Å². The highest BCUT2D eigenvalue weighted by Gasteiger charge is 2.35. The molecule has 3 rings (SSSR count). The summed E-state index contributed by atoms with van der Waals surface area (Å²) in [5.41, 5.74) is 3.21. The zero-order valence-corrected chi connectivity index (χ0v) is 13.8. The first-order chi connectivity index (χ1) is 12.2. The number of carbonyl (C=O) groups is 2. The van der Waals surface area contributed by atoms with E-state index < -0.39 is 5.92 Å². The second kappa shape index (κ2) is 7.65. The highest BCUT2D eigenvalue weighted by Crippen LogP contribution is 2.27. The molecule has 2 aromatic rings. The third-order valence-electron chi connectivity index (χ3n) is 3.86. The molecule has 1 aromatic heterocycles. The van der Waals surface area contributed by atoms with Gasteiger partial charge in [0.2, 0.25) is 11.8 Å². The van der Waals surface area contributed by atoms with E-state index in [4.69, 9.17) is 9.15 Å². The van der Waals surface area contributed by atoms with E-state index >= 15 is 0 Å². The molecule has 1 aliphatic rings. The minimum atomic E-state index is -0.437. The number of amides is 2. The average molecular weight is 341 g/mol. The van der Waals surface area contributed by atoms with E-state index in [1.54, 1.807) is 17.0 Å². The summed E-state index contributed by atoms with van der Waals surface area (Å²) in [7, 11) is 0. The molecule has 0 spiro atoms. The van der Waals surface area contributed by atoms with Crippen molar-refractivity contribution in [1.29, 1.82) is 0 Å². The summed E-state index contributed by atoms with van der Waals surface area (Å²) in [6.07, 6.45) is 3.10. The monoisotopic (exact) mass is 341 g/mol. The van der Waals surface area contributed by atoms with Gasteiger partial charge in [-0.05, 0) is 43.3 Å². The van der Waals surface area contributed by atoms with Gasteiger partial charge in [-0.2, -0.15) is 5.10 Å². The Hall–Kier alpha value is -3.09. The van der Waals surface area contributed by atoms with Crippen LogP contribution in [0.5, 0.6) is 5.75 Å². The first-order valence-corrected chi connectivity index (χ1v) is 8.07. The van der Waals surface area contributed by atoms with Crippen LogP contribution in [0.2, 0.25) is 0 Å². The van der Waals surface area contributed by atoms with E-state index in [0.29, 0.717) is 18.9 Å². The Morgan fingerprint density at radius 1 is 1.40 bits per heavy atom. The van der Waals surface area contributed by atoms with Crippen molar-refractivity contribution >= 4 is 23.7 Å². The number of hydrazone groups is 1. The molecule has 0 unspecified atom stereocenters. The Morgan fingerprint density at radius 2 is 2.20 bits per heavy atom. The maximum absolute atomic E-state index is 12.2. The molecule has 1 N–H and O–H groups in total. The number of nitrogens with zero attached hydrogens (tertiary/aromatic N) is 2. The van der Waals surface area contributed by atoms with Gasteiger partial charge in [0.05, 0.1) is 25.0 Å². The summed E-state index contributed by atoms with van der Waals surface area (Å²) < 4.78 is 10.5. The van der Waals surface area contributed by atoms with Crippen molar-refractivity contribution in [2.24, 2.45) is 11.0 Å². The van der Waals surface area contributed by atoms with E-state index in [1.165, 1.54) is 12.5 Å². The van der Waals surface area contributed by atoms with Crippen molar-refractivity contribution in [3.05, 3.63) is 48.4 Å². The van der Waals surface area contributed by atoms with Crippen molar-refractivity contribution < 1.29 is 18.7 Å². The van der Waals surface area contributed by atoms with Gasteiger partial charge >= 0.3 is 0 Å². The number of carbonyl (C=O) groups excluding carboxylic acids is 2. The minimum absolute atomic E-state index is 0.0840. The number of hydrogen-bond donors (Lipinski definition) is 1. The number of anilines is 1. The van der Waals surface area contributed by atoms with E-state index in [-0.39, 0.29) is 18.2 Å². The van der Waals surface area contributed by atoms with Crippen LogP contribution in [-0.4, -0.2) is 31.2 Å². The van der Waals surface area contributed by atoms with Gasteiger partial charge in [-0.1, -0.05) is 0 Å². The largest absolute Gasteiger partial charge is 0.494 e. The summed E-state index contributed by atoms with van der Waals surface area (Å²) in [6, 6.07) is 10.7. The quantitative estimate of drug-likeness (QED) is 0.645. The van der Waals surface area contributed by atoms with Crippen molar-refractivity contribution in [2.45, 2.75) is 13.3 Å². The van der Waals surface area contributed by atoms with Crippen LogP contribution in [-0.2, 0) is 9.59 Å². The lowest BCUT2D eigenvalue weighted by Gasteiger charge is -2.17. The number of furan rings is 1. The molecule has 25 heavy (non-hydrogen) atoms. The standard InChI is InChI=1S/C18H19N3O4/c1-2-24-15-7-5-14(6-8-15)21-12-13(10-17(21)22)18(23)20-19-11-16-4-3-9-25-16/h3-9,11,13H,2,10,12H2,1H3,(H,20,23)/b19-11-/t13-/m0/s1. The molecule has 7 nitrogen and oxygen atoms in total. The SMILES string of the molecule is CCOc1ccc(N2C[C@@H](C(=O)N/N=C\c3ccco3)CC2=O)cc1. The van der Waals surface area contributed by atoms with Gasteiger partial charge in [-0.15, -0.1) is 0 Å². The van der Waals surface area contributed by atoms with Crippen molar-refractivity contribution in [3.63, 3.8) is 0 Å². The van der Waals surface area contributed by atoms with Gasteiger partial charge in [-0.3, -0.25) is 9.59 Å². The van der Waals surface area contributed by atoms with Crippen LogP contribution in [0.3, 0.4) is 0 Å². The third-order valence-corrected chi connectivity index (χ3v) is 3.86. The second-order valence-corrected chi connectivity index (χ2v) is 5.58. The zero-order valence-electron chi connectivity index (χ0n) is 13.8. The molecule has 130 valence electrons. The summed E-state index contributed by atoms with van der Waals surface area (Å²) >= 11 is 0. The third kappa shape index (κ3) is 4.06. The molecule has 0 saturated carbocycles. The maximum atomic E-state index is 12.2. The smallest absolute Gasteiger partial charge is 0.245 e. The van der Waals surface area contributed by atoms with Crippen molar-refractivity contribution in [2.75, 3.05) is 18.1 Å². The molecule has 2 heterocycles. The molecule has 0 radical (unpaired) electrons. The van der Waals surface area contributed by atoms with Gasteiger partial charge in [0, 0.05) is 18.7 Å². The van der Waals surface area contributed by atoms with Crippen LogP contribution in [0.25, 0.3) is 0 Å². The number of ether oxygens (including phenoxy) is 1. The van der Waals surface area contributed by atoms with Gasteiger partial charge < -0.3 is 14.1 Å². The summed E-state index contributed by atoms with van der Waals surface area (Å²) in [4.78, 5) is 26.0. The Bertz CT molecular complexity index is 753. The maximum Gasteiger partial charge on any atom is 0.245 e. The first kappa shape index (κ1) is 16.8. The Labute approximate surface area is 145 Å². The number of benzene rings is 1. The molecule has 1 atom stereocenters. The fraction of sp³-hybridized carbons (Fsp3) is 0.278. The fourth-order valence-corrected chi connectivity index (χ4v) is 2.64. The highest BCUT2D eigenvalue weighted by atomic mass is 16.5. The van der Waals surface area contributed by atoms with E-state index in [0.717, 1.165) is 11.4 Å². The molecule has 7 heteroatoms. The number of nitrogens with one attached hydrogen (secondary N) is 1. The topological polar surface area (TPSA) is 84.1 Å². The van der Waals surface area contributed by atoms with Gasteiger partial charge in [-0.25, -0.2) is 5.43 Å². The van der Waals surface area contributed by atoms with Gasteiger partial charge in [0.25, 0.3) is 0 Å².